The normalized spacial score (nSPS) is 10.7. The van der Waals surface area contributed by atoms with Gasteiger partial charge in [0.1, 0.15) is 6.07 Å². The van der Waals surface area contributed by atoms with Crippen molar-refractivity contribution < 1.29 is 27.4 Å². The van der Waals surface area contributed by atoms with Gasteiger partial charge in [-0.3, -0.25) is 0 Å². The van der Waals surface area contributed by atoms with Crippen molar-refractivity contribution in [3.05, 3.63) is 28.8 Å². The number of hydrogen-bond acceptors (Lipinski definition) is 4. The second kappa shape index (κ2) is 5.93. The molecule has 0 unspecified atom stereocenters. The number of benzene rings is 1. The van der Waals surface area contributed by atoms with Crippen LogP contribution in [-0.2, 0) is 10.1 Å². The second-order valence-electron chi connectivity index (χ2n) is 3.30. The molecule has 1 aromatic carbocycles. The number of halogens is 4. The average molecular weight is 338 g/mol. The van der Waals surface area contributed by atoms with E-state index in [4.69, 9.17) is 5.26 Å². The highest BCUT2D eigenvalue weighted by Crippen LogP contribution is 2.32. The van der Waals surface area contributed by atoms with Gasteiger partial charge in [-0.05, 0) is 12.1 Å². The number of alkyl halides is 4. The van der Waals surface area contributed by atoms with E-state index in [-0.39, 0.29) is 16.5 Å². The Bertz CT molecular complexity index is 537. The number of carbonyl (C=O) groups excluding carboxylic acids is 1. The number of methoxy groups -OCH3 is 1. The lowest BCUT2D eigenvalue weighted by Gasteiger charge is -2.14. The maximum Gasteiger partial charge on any atom is 0.573 e. The zero-order valence-electron chi connectivity index (χ0n) is 9.55. The van der Waals surface area contributed by atoms with Crippen molar-refractivity contribution in [1.29, 1.82) is 5.26 Å². The summed E-state index contributed by atoms with van der Waals surface area (Å²) in [6, 6.07) is 3.71. The molecule has 0 radical (unpaired) electrons. The fraction of sp³-hybridized carbons (Fsp3) is 0.273. The summed E-state index contributed by atoms with van der Waals surface area (Å²) in [6.07, 6.45) is -4.92. The molecule has 0 saturated heterocycles. The first-order chi connectivity index (χ1) is 8.82. The molecule has 0 aliphatic rings. The number of nitrogens with zero attached hydrogens (tertiary/aromatic N) is 1. The minimum absolute atomic E-state index is 0.0159. The van der Waals surface area contributed by atoms with E-state index in [2.05, 4.69) is 25.4 Å². The van der Waals surface area contributed by atoms with Crippen LogP contribution in [0, 0.1) is 11.3 Å². The Balaban J connectivity index is 3.39. The molecule has 0 saturated carbocycles. The Morgan fingerprint density at radius 1 is 1.47 bits per heavy atom. The Hall–Kier alpha value is -1.75. The summed E-state index contributed by atoms with van der Waals surface area (Å²) in [4.78, 5) is 11.3. The molecule has 4 nitrogen and oxygen atoms in total. The molecule has 0 amide bonds. The highest BCUT2D eigenvalue weighted by molar-refractivity contribution is 9.08. The summed E-state index contributed by atoms with van der Waals surface area (Å²) in [7, 11) is 1.13. The SMILES string of the molecule is COC(=O)c1cc(C#N)c(OC(F)(F)F)c(CBr)c1. The van der Waals surface area contributed by atoms with Crippen molar-refractivity contribution in [2.45, 2.75) is 11.7 Å². The predicted octanol–water partition coefficient (Wildman–Crippen LogP) is 3.14. The van der Waals surface area contributed by atoms with Gasteiger partial charge < -0.3 is 9.47 Å². The third-order valence-electron chi connectivity index (χ3n) is 2.07. The van der Waals surface area contributed by atoms with Crippen molar-refractivity contribution >= 4 is 21.9 Å². The van der Waals surface area contributed by atoms with Gasteiger partial charge in [0.15, 0.2) is 5.75 Å². The van der Waals surface area contributed by atoms with Crippen LogP contribution in [0.3, 0.4) is 0 Å². The van der Waals surface area contributed by atoms with Crippen molar-refractivity contribution in [1.82, 2.24) is 0 Å². The molecule has 0 aliphatic heterocycles. The number of carbonyl (C=O) groups is 1. The molecular formula is C11H7BrF3NO3. The smallest absolute Gasteiger partial charge is 0.465 e. The first kappa shape index (κ1) is 15.3. The number of esters is 1. The summed E-state index contributed by atoms with van der Waals surface area (Å²) in [5.41, 5.74) is -0.394. The van der Waals surface area contributed by atoms with E-state index < -0.39 is 23.6 Å². The van der Waals surface area contributed by atoms with Crippen LogP contribution < -0.4 is 4.74 Å². The van der Waals surface area contributed by atoms with Crippen LogP contribution in [0.2, 0.25) is 0 Å². The van der Waals surface area contributed by atoms with E-state index in [1.54, 1.807) is 6.07 Å². The van der Waals surface area contributed by atoms with Crippen LogP contribution in [0.1, 0.15) is 21.5 Å². The minimum atomic E-state index is -4.92. The third-order valence-corrected chi connectivity index (χ3v) is 2.67. The highest BCUT2D eigenvalue weighted by Gasteiger charge is 2.33. The molecule has 8 heteroatoms. The first-order valence-electron chi connectivity index (χ1n) is 4.79. The van der Waals surface area contributed by atoms with Gasteiger partial charge in [-0.15, -0.1) is 13.2 Å². The molecule has 0 N–H and O–H groups in total. The standard InChI is InChI=1S/C11H7BrF3NO3/c1-18-10(17)6-2-7(4-12)9(8(3-6)5-16)19-11(13,14)15/h2-3H,4H2,1H3. The van der Waals surface area contributed by atoms with Crippen molar-refractivity contribution in [2.24, 2.45) is 0 Å². The van der Waals surface area contributed by atoms with E-state index in [1.165, 1.54) is 6.07 Å². The van der Waals surface area contributed by atoms with Crippen molar-refractivity contribution in [2.75, 3.05) is 7.11 Å². The first-order valence-corrected chi connectivity index (χ1v) is 5.91. The predicted molar refractivity (Wildman–Crippen MR) is 61.8 cm³/mol. The van der Waals surface area contributed by atoms with Crippen LogP contribution in [0.4, 0.5) is 13.2 Å². The summed E-state index contributed by atoms with van der Waals surface area (Å²) in [5.74, 6) is -1.38. The van der Waals surface area contributed by atoms with Crippen LogP contribution >= 0.6 is 15.9 Å². The molecule has 102 valence electrons. The fourth-order valence-corrected chi connectivity index (χ4v) is 1.76. The lowest BCUT2D eigenvalue weighted by molar-refractivity contribution is -0.274. The van der Waals surface area contributed by atoms with Crippen LogP contribution in [0.25, 0.3) is 0 Å². The lowest BCUT2D eigenvalue weighted by Crippen LogP contribution is -2.19. The summed E-state index contributed by atoms with van der Waals surface area (Å²) >= 11 is 2.98. The van der Waals surface area contributed by atoms with Gasteiger partial charge in [0.05, 0.1) is 18.2 Å². The van der Waals surface area contributed by atoms with Crippen LogP contribution in [0.15, 0.2) is 12.1 Å². The molecule has 0 bridgehead atoms. The van der Waals surface area contributed by atoms with Crippen molar-refractivity contribution in [3.63, 3.8) is 0 Å². The molecule has 0 aliphatic carbocycles. The van der Waals surface area contributed by atoms with E-state index in [1.807, 2.05) is 0 Å². The number of nitriles is 1. The Kier molecular flexibility index (Phi) is 4.78. The summed E-state index contributed by atoms with van der Waals surface area (Å²) < 4.78 is 45.0. The molecular weight excluding hydrogens is 331 g/mol. The molecule has 19 heavy (non-hydrogen) atoms. The number of rotatable bonds is 3. The monoisotopic (exact) mass is 337 g/mol. The number of hydrogen-bond donors (Lipinski definition) is 0. The average Bonchev–Trinajstić information content (AvgIpc) is 2.36. The van der Waals surface area contributed by atoms with Gasteiger partial charge in [-0.25, -0.2) is 4.79 Å². The lowest BCUT2D eigenvalue weighted by atomic mass is 10.1. The van der Waals surface area contributed by atoms with E-state index in [0.29, 0.717) is 0 Å². The zero-order chi connectivity index (χ0) is 14.6. The zero-order valence-corrected chi connectivity index (χ0v) is 11.1. The van der Waals surface area contributed by atoms with Crippen LogP contribution in [0.5, 0.6) is 5.75 Å². The van der Waals surface area contributed by atoms with Gasteiger partial charge in [0.25, 0.3) is 0 Å². The molecule has 1 aromatic rings. The van der Waals surface area contributed by atoms with Gasteiger partial charge in [0.2, 0.25) is 0 Å². The maximum absolute atomic E-state index is 12.3. The topological polar surface area (TPSA) is 59.3 Å². The fourth-order valence-electron chi connectivity index (χ4n) is 1.34. The summed E-state index contributed by atoms with van der Waals surface area (Å²) in [6.45, 7) is 0. The third kappa shape index (κ3) is 3.86. The Morgan fingerprint density at radius 3 is 2.53 bits per heavy atom. The minimum Gasteiger partial charge on any atom is -0.465 e. The van der Waals surface area contributed by atoms with Crippen LogP contribution in [-0.4, -0.2) is 19.4 Å². The molecule has 0 aromatic heterocycles. The van der Waals surface area contributed by atoms with Gasteiger partial charge in [-0.1, -0.05) is 15.9 Å². The second-order valence-corrected chi connectivity index (χ2v) is 3.86. The Morgan fingerprint density at radius 2 is 2.11 bits per heavy atom. The molecule has 0 heterocycles. The van der Waals surface area contributed by atoms with Gasteiger partial charge >= 0.3 is 12.3 Å². The van der Waals surface area contributed by atoms with Gasteiger partial charge in [0, 0.05) is 10.9 Å². The maximum atomic E-state index is 12.3. The quantitative estimate of drug-likeness (QED) is 0.628. The van der Waals surface area contributed by atoms with E-state index in [9.17, 15) is 18.0 Å². The Labute approximate surface area is 114 Å². The molecule has 0 atom stereocenters. The van der Waals surface area contributed by atoms with E-state index in [0.717, 1.165) is 13.2 Å². The van der Waals surface area contributed by atoms with Crippen molar-refractivity contribution in [3.8, 4) is 11.8 Å². The molecule has 0 fully saturated rings. The molecule has 0 spiro atoms. The van der Waals surface area contributed by atoms with E-state index >= 15 is 0 Å². The number of ether oxygens (including phenoxy) is 2. The highest BCUT2D eigenvalue weighted by atomic mass is 79.9. The summed E-state index contributed by atoms with van der Waals surface area (Å²) in [5, 5.41) is 8.83. The van der Waals surface area contributed by atoms with Gasteiger partial charge in [-0.2, -0.15) is 5.26 Å². The largest absolute Gasteiger partial charge is 0.573 e. The molecule has 1 rings (SSSR count).